The van der Waals surface area contributed by atoms with E-state index in [9.17, 15) is 14.9 Å². The minimum Gasteiger partial charge on any atom is -0.481 e. The molecule has 0 radical (unpaired) electrons. The molecule has 0 atom stereocenters. The number of carboxylic acids is 1. The molecule has 1 aromatic heterocycles. The lowest BCUT2D eigenvalue weighted by molar-refractivity contribution is -0.384. The molecule has 2 N–H and O–H groups in total. The molecule has 0 unspecified atom stereocenters. The molecule has 190 valence electrons. The number of non-ortho nitro benzene ring substituents is 1. The van der Waals surface area contributed by atoms with Crippen LogP contribution in [0.1, 0.15) is 12.8 Å². The summed E-state index contributed by atoms with van der Waals surface area (Å²) in [6.45, 7) is 0.966. The van der Waals surface area contributed by atoms with Gasteiger partial charge in [-0.15, -0.1) is 0 Å². The van der Waals surface area contributed by atoms with Crippen LogP contribution < -0.4 is 4.90 Å². The summed E-state index contributed by atoms with van der Waals surface area (Å²) < 4.78 is 1.82. The monoisotopic (exact) mass is 502 g/mol. The van der Waals surface area contributed by atoms with E-state index in [0.717, 1.165) is 11.3 Å². The lowest BCUT2D eigenvalue weighted by Crippen LogP contribution is -2.20. The molecule has 11 nitrogen and oxygen atoms in total. The van der Waals surface area contributed by atoms with Crippen LogP contribution >= 0.6 is 0 Å². The lowest BCUT2D eigenvalue weighted by Gasteiger charge is -2.17. The molecule has 0 amide bonds. The first kappa shape index (κ1) is 25.5. The van der Waals surface area contributed by atoms with Crippen molar-refractivity contribution in [1.29, 1.82) is 0 Å². The number of azo groups is 1. The number of nitro groups is 1. The first-order valence-electron chi connectivity index (χ1n) is 11.7. The molecule has 11 heteroatoms. The Labute approximate surface area is 212 Å². The van der Waals surface area contributed by atoms with Crippen molar-refractivity contribution < 1.29 is 19.9 Å². The van der Waals surface area contributed by atoms with E-state index in [2.05, 4.69) is 15.2 Å². The number of hydrogen-bond donors (Lipinski definition) is 2. The van der Waals surface area contributed by atoms with Crippen LogP contribution in [0.2, 0.25) is 0 Å². The van der Waals surface area contributed by atoms with Crippen LogP contribution in [0.4, 0.5) is 22.7 Å². The molecule has 0 aliphatic rings. The van der Waals surface area contributed by atoms with Gasteiger partial charge in [-0.3, -0.25) is 14.9 Å². The Bertz CT molecular complexity index is 1430. The van der Waals surface area contributed by atoms with Crippen LogP contribution in [0.25, 0.3) is 22.4 Å². The SMILES string of the molecule is CN(CCO)c1ccc(N=Nc2ccc(-c3nc4ccc([N+](=O)[O-])cc4n3CCCC(=O)O)cc2)cc1. The van der Waals surface area contributed by atoms with E-state index >= 15 is 0 Å². The van der Waals surface area contributed by atoms with Gasteiger partial charge in [-0.05, 0) is 61.0 Å². The normalized spacial score (nSPS) is 11.3. The summed E-state index contributed by atoms with van der Waals surface area (Å²) >= 11 is 0. The van der Waals surface area contributed by atoms with E-state index in [1.165, 1.54) is 12.1 Å². The maximum atomic E-state index is 11.3. The molecule has 4 aromatic rings. The van der Waals surface area contributed by atoms with Gasteiger partial charge in [0.25, 0.3) is 5.69 Å². The maximum absolute atomic E-state index is 11.3. The number of aliphatic carboxylic acids is 1. The highest BCUT2D eigenvalue weighted by Crippen LogP contribution is 2.30. The first-order valence-corrected chi connectivity index (χ1v) is 11.7. The van der Waals surface area contributed by atoms with Gasteiger partial charge >= 0.3 is 5.97 Å². The van der Waals surface area contributed by atoms with Crippen LogP contribution in [0, 0.1) is 10.1 Å². The van der Waals surface area contributed by atoms with Gasteiger partial charge in [0.15, 0.2) is 0 Å². The van der Waals surface area contributed by atoms with Gasteiger partial charge in [0, 0.05) is 49.9 Å². The summed E-state index contributed by atoms with van der Waals surface area (Å²) in [5.41, 5.74) is 4.17. The van der Waals surface area contributed by atoms with E-state index < -0.39 is 10.9 Å². The molecular weight excluding hydrogens is 476 g/mol. The van der Waals surface area contributed by atoms with Crippen LogP contribution in [-0.2, 0) is 11.3 Å². The van der Waals surface area contributed by atoms with Crippen molar-refractivity contribution in [3.63, 3.8) is 0 Å². The van der Waals surface area contributed by atoms with Crippen molar-refractivity contribution in [1.82, 2.24) is 9.55 Å². The second-order valence-electron chi connectivity index (χ2n) is 8.42. The average Bonchev–Trinajstić information content (AvgIpc) is 3.25. The van der Waals surface area contributed by atoms with Crippen LogP contribution in [-0.4, -0.2) is 50.9 Å². The molecule has 0 fully saturated rings. The highest BCUT2D eigenvalue weighted by atomic mass is 16.6. The zero-order valence-corrected chi connectivity index (χ0v) is 20.2. The number of nitrogens with zero attached hydrogens (tertiary/aromatic N) is 6. The lowest BCUT2D eigenvalue weighted by atomic mass is 10.2. The topological polar surface area (TPSA) is 146 Å². The fourth-order valence-electron chi connectivity index (χ4n) is 3.91. The van der Waals surface area contributed by atoms with Gasteiger partial charge in [0.2, 0.25) is 0 Å². The summed E-state index contributed by atoms with van der Waals surface area (Å²) in [5.74, 6) is -0.314. The number of aromatic nitrogens is 2. The second-order valence-corrected chi connectivity index (χ2v) is 8.42. The number of carboxylic acid groups (broad SMARTS) is 1. The van der Waals surface area contributed by atoms with E-state index in [0.29, 0.717) is 47.7 Å². The molecule has 0 spiro atoms. The number of rotatable bonds is 11. The van der Waals surface area contributed by atoms with Crippen molar-refractivity contribution in [2.45, 2.75) is 19.4 Å². The number of nitro benzene ring substituents is 1. The zero-order valence-electron chi connectivity index (χ0n) is 20.2. The number of anilines is 1. The van der Waals surface area contributed by atoms with Crippen molar-refractivity contribution in [2.75, 3.05) is 25.1 Å². The van der Waals surface area contributed by atoms with Crippen LogP contribution in [0.5, 0.6) is 0 Å². The minimum absolute atomic E-state index is 0.0218. The van der Waals surface area contributed by atoms with Crippen LogP contribution in [0.3, 0.4) is 0 Å². The van der Waals surface area contributed by atoms with Crippen LogP contribution in [0.15, 0.2) is 77.0 Å². The van der Waals surface area contributed by atoms with E-state index in [4.69, 9.17) is 10.2 Å². The third kappa shape index (κ3) is 6.14. The standard InChI is InChI=1S/C26H26N6O5/c1-30(15-16-33)21-10-8-20(9-11-21)29-28-19-6-4-18(5-7-19)26-27-23-13-12-22(32(36)37)17-24(23)31(26)14-2-3-25(34)35/h4-13,17,33H,2-3,14-16H2,1H3,(H,34,35). The Balaban J connectivity index is 1.57. The molecule has 1 heterocycles. The predicted molar refractivity (Wildman–Crippen MR) is 140 cm³/mol. The molecule has 0 saturated heterocycles. The van der Waals surface area contributed by atoms with Crippen molar-refractivity contribution in [3.05, 3.63) is 76.8 Å². The van der Waals surface area contributed by atoms with Gasteiger partial charge in [-0.25, -0.2) is 4.98 Å². The fraction of sp³-hybridized carbons (Fsp3) is 0.231. The van der Waals surface area contributed by atoms with Crippen molar-refractivity contribution >= 4 is 39.8 Å². The number of aliphatic hydroxyl groups is 1. The molecule has 0 aliphatic heterocycles. The summed E-state index contributed by atoms with van der Waals surface area (Å²) in [7, 11) is 1.90. The molecule has 37 heavy (non-hydrogen) atoms. The van der Waals surface area contributed by atoms with Crippen molar-refractivity contribution in [3.8, 4) is 11.4 Å². The first-order chi connectivity index (χ1) is 17.9. The number of likely N-dealkylation sites (N-methyl/N-ethyl adjacent to an activating group) is 1. The summed E-state index contributed by atoms with van der Waals surface area (Å²) in [5, 5.41) is 38.0. The molecule has 0 bridgehead atoms. The molecule has 0 aliphatic carbocycles. The highest BCUT2D eigenvalue weighted by Gasteiger charge is 2.16. The minimum atomic E-state index is -0.904. The number of aliphatic hydroxyl groups excluding tert-OH is 1. The third-order valence-corrected chi connectivity index (χ3v) is 5.85. The molecule has 3 aromatic carbocycles. The fourth-order valence-corrected chi connectivity index (χ4v) is 3.91. The maximum Gasteiger partial charge on any atom is 0.303 e. The number of fused-ring (bicyclic) bond motifs is 1. The number of benzene rings is 3. The predicted octanol–water partition coefficient (Wildman–Crippen LogP) is 5.32. The highest BCUT2D eigenvalue weighted by molar-refractivity contribution is 5.83. The summed E-state index contributed by atoms with van der Waals surface area (Å²) in [6, 6.07) is 19.2. The number of carbonyl (C=O) groups is 1. The van der Waals surface area contributed by atoms with Gasteiger partial charge in [-0.2, -0.15) is 10.2 Å². The number of hydrogen-bond acceptors (Lipinski definition) is 8. The van der Waals surface area contributed by atoms with E-state index in [-0.39, 0.29) is 18.7 Å². The van der Waals surface area contributed by atoms with Gasteiger partial charge in [0.05, 0.1) is 33.9 Å². The quantitative estimate of drug-likeness (QED) is 0.160. The second kappa shape index (κ2) is 11.4. The van der Waals surface area contributed by atoms with Gasteiger partial charge < -0.3 is 19.7 Å². The van der Waals surface area contributed by atoms with E-state index in [1.807, 2.05) is 52.9 Å². The summed E-state index contributed by atoms with van der Waals surface area (Å²) in [6.07, 6.45) is 0.337. The Morgan fingerprint density at radius 3 is 2.30 bits per heavy atom. The Morgan fingerprint density at radius 2 is 1.70 bits per heavy atom. The van der Waals surface area contributed by atoms with Gasteiger partial charge in [-0.1, -0.05) is 0 Å². The average molecular weight is 503 g/mol. The smallest absolute Gasteiger partial charge is 0.303 e. The summed E-state index contributed by atoms with van der Waals surface area (Å²) in [4.78, 5) is 28.4. The number of imidazole rings is 1. The van der Waals surface area contributed by atoms with E-state index in [1.54, 1.807) is 18.2 Å². The largest absolute Gasteiger partial charge is 0.481 e. The third-order valence-electron chi connectivity index (χ3n) is 5.85. The van der Waals surface area contributed by atoms with Crippen molar-refractivity contribution in [2.24, 2.45) is 10.2 Å². The molecular formula is C26H26N6O5. The molecule has 0 saturated carbocycles. The molecule has 4 rings (SSSR count). The Kier molecular flexibility index (Phi) is 7.84. The van der Waals surface area contributed by atoms with Gasteiger partial charge in [0.1, 0.15) is 5.82 Å². The Morgan fingerprint density at radius 1 is 1.05 bits per heavy atom. The number of aryl methyl sites for hydroxylation is 1. The Hall–Kier alpha value is -4.64. The zero-order chi connectivity index (χ0) is 26.4.